The second-order valence-electron chi connectivity index (χ2n) is 7.28. The van der Waals surface area contributed by atoms with Crippen LogP contribution in [0.3, 0.4) is 0 Å². The van der Waals surface area contributed by atoms with Crippen LogP contribution in [-0.2, 0) is 0 Å². The molecule has 1 saturated heterocycles. The molecule has 0 atom stereocenters. The number of ether oxygens (including phenoxy) is 1. The second-order valence-corrected chi connectivity index (χ2v) is 8.26. The first-order valence-corrected chi connectivity index (χ1v) is 10.8. The molecule has 0 aliphatic carbocycles. The molecule has 0 spiro atoms. The Balaban J connectivity index is 1.42. The zero-order valence-electron chi connectivity index (χ0n) is 17.5. The highest BCUT2D eigenvalue weighted by molar-refractivity contribution is 7.17. The lowest BCUT2D eigenvalue weighted by Crippen LogP contribution is -2.48. The van der Waals surface area contributed by atoms with Crippen LogP contribution in [0.4, 0.5) is 16.5 Å². The maximum absolute atomic E-state index is 13.2. The minimum absolute atomic E-state index is 0.0760. The predicted octanol–water partition coefficient (Wildman–Crippen LogP) is 4.19. The van der Waals surface area contributed by atoms with Gasteiger partial charge in [0.05, 0.1) is 12.8 Å². The van der Waals surface area contributed by atoms with Gasteiger partial charge in [-0.3, -0.25) is 4.79 Å². The number of methoxy groups -OCH3 is 1. The number of anilines is 3. The Hall–Kier alpha value is -3.06. The van der Waals surface area contributed by atoms with Crippen LogP contribution in [0.5, 0.6) is 5.75 Å². The first-order valence-electron chi connectivity index (χ1n) is 10.0. The molecule has 3 aromatic rings. The predicted molar refractivity (Wildman–Crippen MR) is 122 cm³/mol. The molecule has 1 aliphatic rings. The average molecular weight is 423 g/mol. The summed E-state index contributed by atoms with van der Waals surface area (Å²) in [6.07, 6.45) is 0. The highest BCUT2D eigenvalue weighted by atomic mass is 32.1. The maximum Gasteiger partial charge on any atom is 0.266 e. The van der Waals surface area contributed by atoms with Gasteiger partial charge >= 0.3 is 0 Å². The fraction of sp³-hybridized carbons (Fsp3) is 0.304. The van der Waals surface area contributed by atoms with E-state index in [1.807, 2.05) is 66.2 Å². The number of carbonyl (C=O) groups excluding carboxylic acids is 1. The van der Waals surface area contributed by atoms with Gasteiger partial charge in [-0.15, -0.1) is 0 Å². The molecule has 7 heteroatoms. The van der Waals surface area contributed by atoms with Crippen LogP contribution >= 0.6 is 11.3 Å². The van der Waals surface area contributed by atoms with E-state index in [9.17, 15) is 4.79 Å². The molecule has 1 fully saturated rings. The van der Waals surface area contributed by atoms with Crippen LogP contribution in [0.25, 0.3) is 0 Å². The monoisotopic (exact) mass is 422 g/mol. The zero-order chi connectivity index (χ0) is 21.1. The van der Waals surface area contributed by atoms with Crippen molar-refractivity contribution in [2.24, 2.45) is 0 Å². The summed E-state index contributed by atoms with van der Waals surface area (Å²) in [5, 5.41) is 0.832. The SMILES string of the molecule is COc1ccc(N2CCN(C(=O)c3sc(N(C)c4ccccc4)nc3C)CC2)cc1. The zero-order valence-corrected chi connectivity index (χ0v) is 18.4. The summed E-state index contributed by atoms with van der Waals surface area (Å²) in [7, 11) is 3.65. The van der Waals surface area contributed by atoms with E-state index in [4.69, 9.17) is 4.74 Å². The molecule has 0 unspecified atom stereocenters. The Morgan fingerprint density at radius 2 is 1.70 bits per heavy atom. The molecule has 30 heavy (non-hydrogen) atoms. The standard InChI is InChI=1S/C23H26N4O2S/c1-17-21(30-23(24-17)25(2)18-7-5-4-6-8-18)22(28)27-15-13-26(14-16-27)19-9-11-20(29-3)12-10-19/h4-12H,13-16H2,1-3H3. The normalized spacial score (nSPS) is 14.0. The molecule has 0 saturated carbocycles. The van der Waals surface area contributed by atoms with E-state index < -0.39 is 0 Å². The summed E-state index contributed by atoms with van der Waals surface area (Å²) in [6, 6.07) is 18.1. The van der Waals surface area contributed by atoms with Crippen molar-refractivity contribution in [3.8, 4) is 5.75 Å². The number of amides is 1. The molecule has 2 aromatic carbocycles. The number of hydrogen-bond donors (Lipinski definition) is 0. The van der Waals surface area contributed by atoms with Crippen molar-refractivity contribution in [1.29, 1.82) is 0 Å². The van der Waals surface area contributed by atoms with Crippen molar-refractivity contribution in [3.05, 3.63) is 65.2 Å². The molecule has 0 bridgehead atoms. The number of para-hydroxylation sites is 1. The maximum atomic E-state index is 13.2. The fourth-order valence-corrected chi connectivity index (χ4v) is 4.61. The van der Waals surface area contributed by atoms with Crippen LogP contribution in [0, 0.1) is 6.92 Å². The molecule has 2 heterocycles. The average Bonchev–Trinajstić information content (AvgIpc) is 3.20. The lowest BCUT2D eigenvalue weighted by atomic mass is 10.2. The van der Waals surface area contributed by atoms with E-state index >= 15 is 0 Å². The molecule has 1 aliphatic heterocycles. The van der Waals surface area contributed by atoms with Gasteiger partial charge in [-0.05, 0) is 43.3 Å². The molecule has 1 aromatic heterocycles. The van der Waals surface area contributed by atoms with Gasteiger partial charge in [0.15, 0.2) is 5.13 Å². The van der Waals surface area contributed by atoms with E-state index in [-0.39, 0.29) is 5.91 Å². The van der Waals surface area contributed by atoms with Gasteiger partial charge in [0.25, 0.3) is 5.91 Å². The summed E-state index contributed by atoms with van der Waals surface area (Å²) >= 11 is 1.46. The van der Waals surface area contributed by atoms with Gasteiger partial charge in [0.2, 0.25) is 0 Å². The van der Waals surface area contributed by atoms with Gasteiger partial charge in [-0.25, -0.2) is 4.98 Å². The second kappa shape index (κ2) is 8.75. The number of rotatable bonds is 5. The first kappa shape index (κ1) is 20.2. The smallest absolute Gasteiger partial charge is 0.266 e. The summed E-state index contributed by atoms with van der Waals surface area (Å²) in [5.74, 6) is 0.927. The molecule has 0 N–H and O–H groups in total. The highest BCUT2D eigenvalue weighted by Crippen LogP contribution is 2.31. The number of benzene rings is 2. The van der Waals surface area contributed by atoms with E-state index in [0.29, 0.717) is 13.1 Å². The molecule has 0 radical (unpaired) electrons. The van der Waals surface area contributed by atoms with Gasteiger partial charge in [-0.1, -0.05) is 29.5 Å². The third-order valence-corrected chi connectivity index (χ3v) is 6.64. The number of piperazine rings is 1. The quantitative estimate of drug-likeness (QED) is 0.617. The number of aromatic nitrogens is 1. The van der Waals surface area contributed by atoms with Crippen molar-refractivity contribution in [1.82, 2.24) is 9.88 Å². The summed E-state index contributed by atoms with van der Waals surface area (Å²) in [4.78, 5) is 24.8. The van der Waals surface area contributed by atoms with Gasteiger partial charge in [0.1, 0.15) is 10.6 Å². The number of nitrogens with zero attached hydrogens (tertiary/aromatic N) is 4. The molecule has 156 valence electrons. The third-order valence-electron chi connectivity index (χ3n) is 5.41. The van der Waals surface area contributed by atoms with Gasteiger partial charge in [0, 0.05) is 44.6 Å². The number of carbonyl (C=O) groups is 1. The molecule has 1 amide bonds. The van der Waals surface area contributed by atoms with E-state index in [1.54, 1.807) is 7.11 Å². The number of aryl methyl sites for hydroxylation is 1. The van der Waals surface area contributed by atoms with Crippen molar-refractivity contribution < 1.29 is 9.53 Å². The minimum atomic E-state index is 0.0760. The largest absolute Gasteiger partial charge is 0.497 e. The third kappa shape index (κ3) is 4.11. The van der Waals surface area contributed by atoms with Crippen LogP contribution in [0.2, 0.25) is 0 Å². The van der Waals surface area contributed by atoms with Crippen LogP contribution in [0.1, 0.15) is 15.4 Å². The lowest BCUT2D eigenvalue weighted by molar-refractivity contribution is 0.0750. The Morgan fingerprint density at radius 1 is 1.03 bits per heavy atom. The number of hydrogen-bond acceptors (Lipinski definition) is 6. The summed E-state index contributed by atoms with van der Waals surface area (Å²) in [6.45, 7) is 4.94. The van der Waals surface area contributed by atoms with Crippen molar-refractivity contribution in [3.63, 3.8) is 0 Å². The van der Waals surface area contributed by atoms with Gasteiger partial charge in [-0.2, -0.15) is 0 Å². The van der Waals surface area contributed by atoms with Crippen LogP contribution < -0.4 is 14.5 Å². The van der Waals surface area contributed by atoms with E-state index in [0.717, 1.165) is 45.9 Å². The van der Waals surface area contributed by atoms with Crippen molar-refractivity contribution in [2.75, 3.05) is 50.1 Å². The molecular weight excluding hydrogens is 396 g/mol. The topological polar surface area (TPSA) is 48.9 Å². The van der Waals surface area contributed by atoms with E-state index in [1.165, 1.54) is 11.3 Å². The Labute approximate surface area is 181 Å². The summed E-state index contributed by atoms with van der Waals surface area (Å²) in [5.41, 5.74) is 3.00. The Kier molecular flexibility index (Phi) is 5.90. The number of thiazole rings is 1. The molecule has 6 nitrogen and oxygen atoms in total. The van der Waals surface area contributed by atoms with Crippen molar-refractivity contribution >= 4 is 33.8 Å². The van der Waals surface area contributed by atoms with Gasteiger partial charge < -0.3 is 19.4 Å². The minimum Gasteiger partial charge on any atom is -0.497 e. The summed E-state index contributed by atoms with van der Waals surface area (Å²) < 4.78 is 5.23. The lowest BCUT2D eigenvalue weighted by Gasteiger charge is -2.36. The Bertz CT molecular complexity index is 996. The Morgan fingerprint density at radius 3 is 2.33 bits per heavy atom. The van der Waals surface area contributed by atoms with Crippen molar-refractivity contribution in [2.45, 2.75) is 6.92 Å². The molecule has 4 rings (SSSR count). The van der Waals surface area contributed by atoms with Crippen LogP contribution in [-0.4, -0.2) is 56.1 Å². The van der Waals surface area contributed by atoms with Crippen LogP contribution in [0.15, 0.2) is 54.6 Å². The molecular formula is C23H26N4O2S. The highest BCUT2D eigenvalue weighted by Gasteiger charge is 2.26. The fourth-order valence-electron chi connectivity index (χ4n) is 3.59. The first-order chi connectivity index (χ1) is 14.6. The van der Waals surface area contributed by atoms with E-state index in [2.05, 4.69) is 22.0 Å².